The number of sulfonamides is 1. The first-order chi connectivity index (χ1) is 12.9. The zero-order valence-electron chi connectivity index (χ0n) is 15.7. The van der Waals surface area contributed by atoms with E-state index in [4.69, 9.17) is 4.74 Å². The summed E-state index contributed by atoms with van der Waals surface area (Å²) in [6.07, 6.45) is 0.824. The first-order valence-corrected chi connectivity index (χ1v) is 10.5. The van der Waals surface area contributed by atoms with Crippen LogP contribution in [0.5, 0.6) is 5.75 Å². The van der Waals surface area contributed by atoms with Gasteiger partial charge in [-0.15, -0.1) is 0 Å². The van der Waals surface area contributed by atoms with E-state index in [9.17, 15) is 12.8 Å². The average molecular weight is 392 g/mol. The summed E-state index contributed by atoms with van der Waals surface area (Å²) in [6.45, 7) is 4.99. The van der Waals surface area contributed by atoms with Crippen LogP contribution in [-0.2, 0) is 16.4 Å². The monoisotopic (exact) mass is 392 g/mol. The Balaban J connectivity index is 1.57. The van der Waals surface area contributed by atoms with Crippen LogP contribution in [0.15, 0.2) is 47.4 Å². The van der Waals surface area contributed by atoms with Gasteiger partial charge < -0.3 is 9.64 Å². The number of hydrogen-bond donors (Lipinski definition) is 0. The molecule has 0 bridgehead atoms. The van der Waals surface area contributed by atoms with Crippen molar-refractivity contribution in [3.8, 4) is 5.75 Å². The van der Waals surface area contributed by atoms with E-state index >= 15 is 0 Å². The Bertz CT molecular complexity index is 877. The van der Waals surface area contributed by atoms with E-state index in [-0.39, 0.29) is 5.82 Å². The lowest BCUT2D eigenvalue weighted by molar-refractivity contribution is 0.190. The van der Waals surface area contributed by atoms with E-state index in [1.54, 1.807) is 41.7 Å². The zero-order valence-corrected chi connectivity index (χ0v) is 16.5. The number of methoxy groups -OCH3 is 1. The van der Waals surface area contributed by atoms with E-state index in [2.05, 4.69) is 4.90 Å². The normalized spacial score (nSPS) is 16.4. The first-order valence-electron chi connectivity index (χ1n) is 9.02. The molecule has 1 aliphatic rings. The fraction of sp³-hybridized carbons (Fsp3) is 0.400. The highest BCUT2D eigenvalue weighted by Crippen LogP contribution is 2.24. The van der Waals surface area contributed by atoms with Gasteiger partial charge in [0.25, 0.3) is 0 Å². The van der Waals surface area contributed by atoms with Crippen LogP contribution in [0.4, 0.5) is 4.39 Å². The second kappa shape index (κ2) is 8.37. The number of nitrogens with zero attached hydrogens (tertiary/aromatic N) is 2. The summed E-state index contributed by atoms with van der Waals surface area (Å²) in [7, 11) is -1.92. The minimum Gasteiger partial charge on any atom is -0.496 e. The van der Waals surface area contributed by atoms with Gasteiger partial charge in [0.1, 0.15) is 11.6 Å². The predicted octanol–water partition coefficient (Wildman–Crippen LogP) is 2.69. The molecule has 0 N–H and O–H groups in total. The van der Waals surface area contributed by atoms with E-state index in [1.165, 1.54) is 12.1 Å². The lowest BCUT2D eigenvalue weighted by Gasteiger charge is -2.34. The number of rotatable bonds is 6. The van der Waals surface area contributed by atoms with Crippen molar-refractivity contribution in [3.05, 3.63) is 59.4 Å². The molecule has 1 aliphatic heterocycles. The molecule has 0 spiro atoms. The topological polar surface area (TPSA) is 49.9 Å². The lowest BCUT2D eigenvalue weighted by Crippen LogP contribution is -2.49. The average Bonchev–Trinajstić information content (AvgIpc) is 2.68. The molecule has 1 heterocycles. The van der Waals surface area contributed by atoms with Crippen LogP contribution in [0.3, 0.4) is 0 Å². The van der Waals surface area contributed by atoms with Gasteiger partial charge in [-0.2, -0.15) is 4.31 Å². The zero-order chi connectivity index (χ0) is 19.4. The standard InChI is InChI=1S/C20H25FN2O3S/c1-16-15-19(7-8-20(16)26-2)27(24,25)23-13-11-22(12-14-23)10-9-17-3-5-18(21)6-4-17/h3-8,15H,9-14H2,1-2H3. The number of aryl methyl sites for hydroxylation is 1. The molecular weight excluding hydrogens is 367 g/mol. The SMILES string of the molecule is COc1ccc(S(=O)(=O)N2CCN(CCc3ccc(F)cc3)CC2)cc1C. The molecule has 0 radical (unpaired) electrons. The molecule has 27 heavy (non-hydrogen) atoms. The Kier molecular flexibility index (Phi) is 6.14. The maximum atomic E-state index is 13.0. The molecule has 0 amide bonds. The Labute approximate surface area is 160 Å². The van der Waals surface area contributed by atoms with Gasteiger partial charge in [0, 0.05) is 32.7 Å². The van der Waals surface area contributed by atoms with Crippen LogP contribution in [0.2, 0.25) is 0 Å². The smallest absolute Gasteiger partial charge is 0.243 e. The highest BCUT2D eigenvalue weighted by molar-refractivity contribution is 7.89. The third-order valence-electron chi connectivity index (χ3n) is 4.97. The second-order valence-corrected chi connectivity index (χ2v) is 8.69. The van der Waals surface area contributed by atoms with Crippen molar-refractivity contribution < 1.29 is 17.5 Å². The van der Waals surface area contributed by atoms with E-state index in [1.807, 2.05) is 6.92 Å². The summed E-state index contributed by atoms with van der Waals surface area (Å²) in [5, 5.41) is 0. The Morgan fingerprint density at radius 2 is 1.70 bits per heavy atom. The van der Waals surface area contributed by atoms with Crippen LogP contribution < -0.4 is 4.74 Å². The molecule has 1 saturated heterocycles. The maximum Gasteiger partial charge on any atom is 0.243 e. The van der Waals surface area contributed by atoms with Crippen LogP contribution in [0.25, 0.3) is 0 Å². The van der Waals surface area contributed by atoms with Crippen molar-refractivity contribution in [3.63, 3.8) is 0 Å². The molecule has 0 unspecified atom stereocenters. The fourth-order valence-corrected chi connectivity index (χ4v) is 4.80. The molecular formula is C20H25FN2O3S. The molecule has 2 aromatic carbocycles. The minimum atomic E-state index is -3.50. The van der Waals surface area contributed by atoms with Crippen LogP contribution >= 0.6 is 0 Å². The van der Waals surface area contributed by atoms with Gasteiger partial charge in [0.2, 0.25) is 10.0 Å². The Morgan fingerprint density at radius 1 is 1.04 bits per heavy atom. The lowest BCUT2D eigenvalue weighted by atomic mass is 10.1. The van der Waals surface area contributed by atoms with Crippen LogP contribution in [-0.4, -0.2) is 57.5 Å². The van der Waals surface area contributed by atoms with Gasteiger partial charge in [-0.05, 0) is 54.8 Å². The van der Waals surface area contributed by atoms with Gasteiger partial charge >= 0.3 is 0 Å². The molecule has 146 valence electrons. The maximum absolute atomic E-state index is 13.0. The molecule has 7 heteroatoms. The Hall–Kier alpha value is -1.96. The minimum absolute atomic E-state index is 0.230. The fourth-order valence-electron chi connectivity index (χ4n) is 3.29. The third-order valence-corrected chi connectivity index (χ3v) is 6.86. The van der Waals surface area contributed by atoms with E-state index < -0.39 is 10.0 Å². The van der Waals surface area contributed by atoms with Gasteiger partial charge in [0.05, 0.1) is 12.0 Å². The molecule has 1 fully saturated rings. The van der Waals surface area contributed by atoms with Crippen molar-refractivity contribution in [1.82, 2.24) is 9.21 Å². The first kappa shape index (κ1) is 19.8. The van der Waals surface area contributed by atoms with Crippen molar-refractivity contribution >= 4 is 10.0 Å². The van der Waals surface area contributed by atoms with Gasteiger partial charge in [-0.25, -0.2) is 12.8 Å². The van der Waals surface area contributed by atoms with Crippen molar-refractivity contribution in [2.24, 2.45) is 0 Å². The largest absolute Gasteiger partial charge is 0.496 e. The van der Waals surface area contributed by atoms with Gasteiger partial charge in [-0.3, -0.25) is 0 Å². The third kappa shape index (κ3) is 4.66. The highest BCUT2D eigenvalue weighted by atomic mass is 32.2. The molecule has 0 aliphatic carbocycles. The molecule has 2 aromatic rings. The van der Waals surface area contributed by atoms with Crippen molar-refractivity contribution in [2.45, 2.75) is 18.2 Å². The quantitative estimate of drug-likeness (QED) is 0.759. The molecule has 0 atom stereocenters. The van der Waals surface area contributed by atoms with Crippen LogP contribution in [0, 0.1) is 12.7 Å². The number of benzene rings is 2. The van der Waals surface area contributed by atoms with E-state index in [0.717, 1.165) is 24.1 Å². The van der Waals surface area contributed by atoms with E-state index in [0.29, 0.717) is 36.8 Å². The summed E-state index contributed by atoms with van der Waals surface area (Å²) in [5.41, 5.74) is 1.89. The Morgan fingerprint density at radius 3 is 2.30 bits per heavy atom. The summed E-state index contributed by atoms with van der Waals surface area (Å²) in [5.74, 6) is 0.450. The molecule has 0 saturated carbocycles. The van der Waals surface area contributed by atoms with Crippen molar-refractivity contribution in [2.75, 3.05) is 39.8 Å². The molecule has 3 rings (SSSR count). The molecule has 5 nitrogen and oxygen atoms in total. The summed E-state index contributed by atoms with van der Waals surface area (Å²) in [4.78, 5) is 2.55. The molecule has 0 aromatic heterocycles. The van der Waals surface area contributed by atoms with Gasteiger partial charge in [0.15, 0.2) is 0 Å². The number of halogens is 1. The number of ether oxygens (including phenoxy) is 1. The second-order valence-electron chi connectivity index (χ2n) is 6.75. The highest BCUT2D eigenvalue weighted by Gasteiger charge is 2.28. The van der Waals surface area contributed by atoms with Crippen LogP contribution in [0.1, 0.15) is 11.1 Å². The van der Waals surface area contributed by atoms with Gasteiger partial charge in [-0.1, -0.05) is 12.1 Å². The number of hydrogen-bond acceptors (Lipinski definition) is 4. The summed E-state index contributed by atoms with van der Waals surface area (Å²) in [6, 6.07) is 11.5. The number of piperazine rings is 1. The van der Waals surface area contributed by atoms with Crippen molar-refractivity contribution in [1.29, 1.82) is 0 Å². The summed E-state index contributed by atoms with van der Waals surface area (Å²) >= 11 is 0. The summed E-state index contributed by atoms with van der Waals surface area (Å²) < 4.78 is 45.5. The predicted molar refractivity (Wildman–Crippen MR) is 103 cm³/mol.